The third-order valence-electron chi connectivity index (χ3n) is 12.1. The van der Waals surface area contributed by atoms with Gasteiger partial charge in [-0.05, 0) is 42.0 Å². The van der Waals surface area contributed by atoms with Crippen LogP contribution in [0.4, 0.5) is 0 Å². The van der Waals surface area contributed by atoms with Crippen LogP contribution in [-0.4, -0.2) is 55.1 Å². The van der Waals surface area contributed by atoms with Crippen LogP contribution >= 0.6 is 0 Å². The van der Waals surface area contributed by atoms with Crippen molar-refractivity contribution in [2.24, 2.45) is 0 Å². The predicted molar refractivity (Wildman–Crippen MR) is 235 cm³/mol. The van der Waals surface area contributed by atoms with Crippen molar-refractivity contribution in [2.75, 3.05) is 0 Å². The Hall–Kier alpha value is -6.65. The molecule has 0 saturated heterocycles. The molecule has 2 aliphatic rings. The molecule has 8 atom stereocenters. The molecule has 3 aromatic heterocycles. The number of benzene rings is 4. The summed E-state index contributed by atoms with van der Waals surface area (Å²) in [5.41, 5.74) is 0.502. The Morgan fingerprint density at radius 2 is 0.785 bits per heavy atom. The Morgan fingerprint density at radius 1 is 0.415 bits per heavy atom. The highest BCUT2D eigenvalue weighted by molar-refractivity contribution is 5.81. The summed E-state index contributed by atoms with van der Waals surface area (Å²) in [7, 11) is 0. The zero-order valence-electron chi connectivity index (χ0n) is 34.9. The molecule has 4 aromatic carbocycles. The van der Waals surface area contributed by atoms with E-state index in [2.05, 4.69) is 0 Å². The Bertz CT molecular complexity index is 2980. The summed E-state index contributed by atoms with van der Waals surface area (Å²) in [6, 6.07) is 34.7. The highest BCUT2D eigenvalue weighted by Crippen LogP contribution is 2.45. The van der Waals surface area contributed by atoms with Crippen molar-refractivity contribution < 1.29 is 53.4 Å². The first-order valence-corrected chi connectivity index (χ1v) is 21.4. The van der Waals surface area contributed by atoms with Crippen LogP contribution in [0.2, 0.25) is 0 Å². The first-order valence-electron chi connectivity index (χ1n) is 21.4. The second-order valence-electron chi connectivity index (χ2n) is 16.5. The summed E-state index contributed by atoms with van der Waals surface area (Å²) in [5, 5.41) is 67.5. The summed E-state index contributed by atoms with van der Waals surface area (Å²) in [5.74, 6) is -0.532. The van der Waals surface area contributed by atoms with E-state index in [9.17, 15) is 45.0 Å². The van der Waals surface area contributed by atoms with Gasteiger partial charge in [-0.2, -0.15) is 0 Å². The first kappa shape index (κ1) is 43.6. The van der Waals surface area contributed by atoms with E-state index >= 15 is 0 Å². The topological polar surface area (TPSA) is 230 Å². The van der Waals surface area contributed by atoms with Crippen molar-refractivity contribution in [1.82, 2.24) is 0 Å². The van der Waals surface area contributed by atoms with Gasteiger partial charge in [0.25, 0.3) is 0 Å². The monoisotopic (exact) mass is 882 g/mol. The average molecular weight is 883 g/mol. The smallest absolute Gasteiger partial charge is 0.193 e. The molecule has 14 nitrogen and oxygen atoms in total. The number of fused-ring (bicyclic) bond motifs is 3. The number of hydrogen-bond acceptors (Lipinski definition) is 14. The van der Waals surface area contributed by atoms with Gasteiger partial charge in [0, 0.05) is 43.5 Å². The number of rotatable bonds is 13. The second kappa shape index (κ2) is 18.4. The van der Waals surface area contributed by atoms with Crippen LogP contribution in [0.5, 0.6) is 11.5 Å². The molecule has 0 aliphatic heterocycles. The lowest BCUT2D eigenvalue weighted by Gasteiger charge is -2.37. The van der Waals surface area contributed by atoms with Gasteiger partial charge < -0.3 is 53.4 Å². The molecule has 0 saturated carbocycles. The highest BCUT2D eigenvalue weighted by Gasteiger charge is 2.48. The molecule has 2 aliphatic carbocycles. The molecule has 9 rings (SSSR count). The molecule has 3 heterocycles. The standard InChI is InChI=1S/C51H46O14/c52-34-22-30(19-16-27-10-4-1-5-11-27)61-37-26-39(65-51-41-36(54)24-32(21-18-29-14-8-3-9-15-29)63-49(41)45(58)43(56)47(51)60)38(25-33(34)37)64-50-40-35(53)23-31(20-17-28-12-6-2-7-13-28)62-48(40)44(57)42(55)46(50)59/h1-15,22-26,42-47,50-51,55-60H,16-21H2/t42-,43-,44-,45-,46-,47+,50-,51+/m0/s1. The second-order valence-corrected chi connectivity index (χ2v) is 16.5. The molecular weight excluding hydrogens is 837 g/mol. The molecule has 6 N–H and O–H groups in total. The highest BCUT2D eigenvalue weighted by atomic mass is 16.6. The third kappa shape index (κ3) is 8.92. The van der Waals surface area contributed by atoms with Crippen LogP contribution in [0.1, 0.15) is 81.0 Å². The minimum atomic E-state index is -1.93. The van der Waals surface area contributed by atoms with Gasteiger partial charge >= 0.3 is 0 Å². The molecular formula is C51H46O14. The van der Waals surface area contributed by atoms with Crippen LogP contribution in [0, 0.1) is 0 Å². The number of hydrogen-bond donors (Lipinski definition) is 6. The van der Waals surface area contributed by atoms with E-state index in [1.807, 2.05) is 91.0 Å². The largest absolute Gasteiger partial charge is 0.479 e. The third-order valence-corrected chi connectivity index (χ3v) is 12.1. The van der Waals surface area contributed by atoms with Gasteiger partial charge in [0.2, 0.25) is 0 Å². The summed E-state index contributed by atoms with van der Waals surface area (Å²) in [6.07, 6.45) is -12.4. The zero-order valence-corrected chi connectivity index (χ0v) is 34.9. The fraction of sp³-hybridized carbons (Fsp3) is 0.275. The Balaban J connectivity index is 1.12. The van der Waals surface area contributed by atoms with Gasteiger partial charge in [0.05, 0.1) is 16.5 Å². The summed E-state index contributed by atoms with van der Waals surface area (Å²) in [6.45, 7) is 0. The lowest BCUT2D eigenvalue weighted by atomic mass is 9.86. The fourth-order valence-electron chi connectivity index (χ4n) is 8.56. The summed E-state index contributed by atoms with van der Waals surface area (Å²) >= 11 is 0. The number of ether oxygens (including phenoxy) is 2. The molecule has 334 valence electrons. The van der Waals surface area contributed by atoms with E-state index in [1.165, 1.54) is 30.3 Å². The predicted octanol–water partition coefficient (Wildman–Crippen LogP) is 4.83. The van der Waals surface area contributed by atoms with Crippen LogP contribution in [0.25, 0.3) is 11.0 Å². The van der Waals surface area contributed by atoms with Crippen LogP contribution < -0.4 is 25.8 Å². The van der Waals surface area contributed by atoms with E-state index in [0.717, 1.165) is 16.7 Å². The molecule has 0 radical (unpaired) electrons. The first-order chi connectivity index (χ1) is 31.4. The minimum absolute atomic E-state index is 0.0000617. The molecule has 0 fully saturated rings. The zero-order chi connectivity index (χ0) is 45.4. The van der Waals surface area contributed by atoms with Crippen molar-refractivity contribution >= 4 is 11.0 Å². The molecule has 0 unspecified atom stereocenters. The molecule has 7 aromatic rings. The Labute approximate surface area is 370 Å². The maximum atomic E-state index is 14.0. The number of aliphatic hydroxyl groups excluding tert-OH is 6. The van der Waals surface area contributed by atoms with Gasteiger partial charge in [0.15, 0.2) is 40.0 Å². The Morgan fingerprint density at radius 3 is 1.20 bits per heavy atom. The van der Waals surface area contributed by atoms with Crippen LogP contribution in [0.3, 0.4) is 0 Å². The number of aliphatic hydroxyl groups is 6. The maximum Gasteiger partial charge on any atom is 0.193 e. The molecule has 0 bridgehead atoms. The van der Waals surface area contributed by atoms with Crippen LogP contribution in [0.15, 0.2) is 149 Å². The van der Waals surface area contributed by atoms with Gasteiger partial charge in [-0.3, -0.25) is 14.4 Å². The van der Waals surface area contributed by atoms with Gasteiger partial charge in [-0.25, -0.2) is 0 Å². The van der Waals surface area contributed by atoms with E-state index in [1.54, 1.807) is 0 Å². The average Bonchev–Trinajstić information content (AvgIpc) is 3.32. The van der Waals surface area contributed by atoms with Gasteiger partial charge in [-0.1, -0.05) is 91.0 Å². The summed E-state index contributed by atoms with van der Waals surface area (Å²) < 4.78 is 31.0. The Kier molecular flexibility index (Phi) is 12.4. The number of aryl methyl sites for hydroxylation is 6. The lowest BCUT2D eigenvalue weighted by molar-refractivity contribution is -0.126. The summed E-state index contributed by atoms with van der Waals surface area (Å²) in [4.78, 5) is 41.7. The minimum Gasteiger partial charge on any atom is -0.479 e. The van der Waals surface area contributed by atoms with Gasteiger partial charge in [-0.15, -0.1) is 0 Å². The van der Waals surface area contributed by atoms with Crippen molar-refractivity contribution in [3.8, 4) is 11.5 Å². The van der Waals surface area contributed by atoms with Crippen molar-refractivity contribution in [3.05, 3.63) is 209 Å². The normalized spacial score (nSPS) is 22.6. The maximum absolute atomic E-state index is 14.0. The molecule has 0 amide bonds. The van der Waals surface area contributed by atoms with E-state index in [4.69, 9.17) is 22.7 Å². The molecule has 0 spiro atoms. The quantitative estimate of drug-likeness (QED) is 0.0912. The van der Waals surface area contributed by atoms with Gasteiger partial charge in [0.1, 0.15) is 71.0 Å². The molecule has 14 heteroatoms. The van der Waals surface area contributed by atoms with Crippen LogP contribution in [-0.2, 0) is 38.5 Å². The van der Waals surface area contributed by atoms with Crippen molar-refractivity contribution in [3.63, 3.8) is 0 Å². The van der Waals surface area contributed by atoms with Crippen molar-refractivity contribution in [1.29, 1.82) is 0 Å². The fourth-order valence-corrected chi connectivity index (χ4v) is 8.56. The van der Waals surface area contributed by atoms with E-state index < -0.39 is 65.1 Å². The van der Waals surface area contributed by atoms with Crippen molar-refractivity contribution in [2.45, 2.75) is 87.4 Å². The molecule has 65 heavy (non-hydrogen) atoms. The SMILES string of the molecule is O=c1cc(CCc2ccccc2)oc2c1[C@@H](Oc1cc3oc(CCc4ccccc4)cc(=O)c3cc1O[C@H]1c3c(oc(CCc4ccccc4)cc3=O)[C@@H](O)[C@H](O)[C@@H]1O)[C@H](O)[C@@H](O)[C@@H]2O. The van der Waals surface area contributed by atoms with E-state index in [-0.39, 0.29) is 69.5 Å². The van der Waals surface area contributed by atoms with E-state index in [0.29, 0.717) is 31.4 Å². The lowest BCUT2D eigenvalue weighted by Crippen LogP contribution is -2.46.